The first-order valence-corrected chi connectivity index (χ1v) is 3.87. The molecule has 3 nitrogen and oxygen atoms in total. The molecule has 0 bridgehead atoms. The van der Waals surface area contributed by atoms with Crippen LogP contribution in [0, 0.1) is 0 Å². The molecule has 0 N–H and O–H groups in total. The van der Waals surface area contributed by atoms with Gasteiger partial charge in [0.15, 0.2) is 0 Å². The van der Waals surface area contributed by atoms with Crippen molar-refractivity contribution < 1.29 is 9.59 Å². The SMILES string of the molecule is CCC(=O)CC(=O)N(C)CC. The topological polar surface area (TPSA) is 37.4 Å². The molecule has 0 aliphatic carbocycles. The number of amides is 1. The molecule has 0 saturated heterocycles. The molecular formula is C8H15NO2. The fourth-order valence-corrected chi connectivity index (χ4v) is 0.605. The Hall–Kier alpha value is -0.860. The Labute approximate surface area is 67.4 Å². The summed E-state index contributed by atoms with van der Waals surface area (Å²) in [5.74, 6) is -0.0744. The maximum Gasteiger partial charge on any atom is 0.229 e. The largest absolute Gasteiger partial charge is 0.346 e. The minimum Gasteiger partial charge on any atom is -0.346 e. The van der Waals surface area contributed by atoms with E-state index in [9.17, 15) is 9.59 Å². The number of carbonyl (C=O) groups excluding carboxylic acids is 2. The Balaban J connectivity index is 3.77. The zero-order valence-electron chi connectivity index (χ0n) is 7.39. The summed E-state index contributed by atoms with van der Waals surface area (Å²) in [6.07, 6.45) is 0.504. The maximum absolute atomic E-state index is 11.0. The molecule has 1 amide bonds. The first-order chi connectivity index (χ1) is 5.11. The number of hydrogen-bond acceptors (Lipinski definition) is 2. The second-order valence-electron chi connectivity index (χ2n) is 2.48. The van der Waals surface area contributed by atoms with Crippen molar-refractivity contribution in [2.75, 3.05) is 13.6 Å². The molecule has 0 saturated carbocycles. The van der Waals surface area contributed by atoms with Crippen LogP contribution in [-0.2, 0) is 9.59 Å². The molecule has 0 heterocycles. The van der Waals surface area contributed by atoms with Crippen LogP contribution in [0.5, 0.6) is 0 Å². The summed E-state index contributed by atoms with van der Waals surface area (Å²) >= 11 is 0. The Morgan fingerprint density at radius 2 is 1.82 bits per heavy atom. The van der Waals surface area contributed by atoms with E-state index in [1.807, 2.05) is 6.92 Å². The lowest BCUT2D eigenvalue weighted by atomic mass is 10.2. The number of hydrogen-bond donors (Lipinski definition) is 0. The molecule has 0 radical (unpaired) electrons. The first kappa shape index (κ1) is 10.1. The molecular weight excluding hydrogens is 142 g/mol. The number of nitrogens with zero attached hydrogens (tertiary/aromatic N) is 1. The highest BCUT2D eigenvalue weighted by Crippen LogP contribution is 1.94. The number of rotatable bonds is 4. The van der Waals surface area contributed by atoms with Crippen LogP contribution < -0.4 is 0 Å². The highest BCUT2D eigenvalue weighted by atomic mass is 16.2. The van der Waals surface area contributed by atoms with E-state index < -0.39 is 0 Å². The second-order valence-corrected chi connectivity index (χ2v) is 2.48. The van der Waals surface area contributed by atoms with Gasteiger partial charge in [0.25, 0.3) is 0 Å². The van der Waals surface area contributed by atoms with Crippen molar-refractivity contribution in [1.82, 2.24) is 4.90 Å². The summed E-state index contributed by atoms with van der Waals surface area (Å²) in [5, 5.41) is 0. The van der Waals surface area contributed by atoms with Crippen molar-refractivity contribution in [1.29, 1.82) is 0 Å². The Morgan fingerprint density at radius 3 is 2.18 bits per heavy atom. The van der Waals surface area contributed by atoms with E-state index in [-0.39, 0.29) is 18.1 Å². The first-order valence-electron chi connectivity index (χ1n) is 3.87. The summed E-state index contributed by atoms with van der Waals surface area (Å²) in [6.45, 7) is 4.31. The van der Waals surface area contributed by atoms with Crippen LogP contribution in [0.1, 0.15) is 26.7 Å². The smallest absolute Gasteiger partial charge is 0.229 e. The van der Waals surface area contributed by atoms with E-state index in [4.69, 9.17) is 0 Å². The van der Waals surface area contributed by atoms with Crippen LogP contribution in [0.15, 0.2) is 0 Å². The van der Waals surface area contributed by atoms with E-state index in [1.54, 1.807) is 18.9 Å². The van der Waals surface area contributed by atoms with Crippen LogP contribution in [0.4, 0.5) is 0 Å². The highest BCUT2D eigenvalue weighted by Gasteiger charge is 2.10. The van der Waals surface area contributed by atoms with Crippen LogP contribution in [0.3, 0.4) is 0 Å². The Morgan fingerprint density at radius 1 is 1.27 bits per heavy atom. The number of Topliss-reactive ketones (excluding diaryl/α,β-unsaturated/α-hetero) is 1. The fraction of sp³-hybridized carbons (Fsp3) is 0.750. The van der Waals surface area contributed by atoms with Crippen molar-refractivity contribution in [3.63, 3.8) is 0 Å². The third-order valence-corrected chi connectivity index (χ3v) is 1.64. The molecule has 0 aromatic rings. The molecule has 0 aromatic heterocycles. The zero-order valence-corrected chi connectivity index (χ0v) is 7.39. The summed E-state index contributed by atoms with van der Waals surface area (Å²) in [7, 11) is 1.70. The van der Waals surface area contributed by atoms with Gasteiger partial charge in [-0.3, -0.25) is 9.59 Å². The van der Waals surface area contributed by atoms with E-state index in [0.29, 0.717) is 13.0 Å². The van der Waals surface area contributed by atoms with E-state index in [1.165, 1.54) is 0 Å². The van der Waals surface area contributed by atoms with E-state index in [0.717, 1.165) is 0 Å². The van der Waals surface area contributed by atoms with Gasteiger partial charge in [-0.15, -0.1) is 0 Å². The van der Waals surface area contributed by atoms with Gasteiger partial charge < -0.3 is 4.90 Å². The molecule has 0 aliphatic heterocycles. The standard InChI is InChI=1S/C8H15NO2/c1-4-7(10)6-8(11)9(3)5-2/h4-6H2,1-3H3. The second kappa shape index (κ2) is 4.88. The van der Waals surface area contributed by atoms with Crippen molar-refractivity contribution in [3.05, 3.63) is 0 Å². The molecule has 0 rings (SSSR count). The average Bonchev–Trinajstić information content (AvgIpc) is 2.02. The van der Waals surface area contributed by atoms with Gasteiger partial charge >= 0.3 is 0 Å². The predicted octanol–water partition coefficient (Wildman–Crippen LogP) is 0.834. The molecule has 0 unspecified atom stereocenters. The van der Waals surface area contributed by atoms with Gasteiger partial charge in [0.1, 0.15) is 5.78 Å². The van der Waals surface area contributed by atoms with Crippen molar-refractivity contribution in [2.24, 2.45) is 0 Å². The third kappa shape index (κ3) is 3.75. The lowest BCUT2D eigenvalue weighted by Crippen LogP contribution is -2.27. The van der Waals surface area contributed by atoms with Gasteiger partial charge in [0, 0.05) is 20.0 Å². The van der Waals surface area contributed by atoms with Crippen molar-refractivity contribution in [3.8, 4) is 0 Å². The molecule has 11 heavy (non-hydrogen) atoms. The summed E-state index contributed by atoms with van der Waals surface area (Å²) in [4.78, 5) is 23.4. The molecule has 0 atom stereocenters. The van der Waals surface area contributed by atoms with Crippen LogP contribution in [-0.4, -0.2) is 30.2 Å². The van der Waals surface area contributed by atoms with E-state index >= 15 is 0 Å². The highest BCUT2D eigenvalue weighted by molar-refractivity contribution is 5.97. The van der Waals surface area contributed by atoms with Crippen LogP contribution in [0.25, 0.3) is 0 Å². The summed E-state index contributed by atoms with van der Waals surface area (Å²) in [6, 6.07) is 0. The minimum atomic E-state index is -0.0839. The quantitative estimate of drug-likeness (QED) is 0.567. The van der Waals surface area contributed by atoms with Gasteiger partial charge in [-0.1, -0.05) is 6.92 Å². The fourth-order valence-electron chi connectivity index (χ4n) is 0.605. The van der Waals surface area contributed by atoms with Gasteiger partial charge in [0.05, 0.1) is 6.42 Å². The van der Waals surface area contributed by atoms with Crippen molar-refractivity contribution >= 4 is 11.7 Å². The molecule has 3 heteroatoms. The monoisotopic (exact) mass is 157 g/mol. The Kier molecular flexibility index (Phi) is 4.50. The number of ketones is 1. The molecule has 0 fully saturated rings. The zero-order chi connectivity index (χ0) is 8.85. The molecule has 0 aromatic carbocycles. The van der Waals surface area contributed by atoms with E-state index in [2.05, 4.69) is 0 Å². The van der Waals surface area contributed by atoms with Gasteiger partial charge in [-0.2, -0.15) is 0 Å². The molecule has 0 spiro atoms. The van der Waals surface area contributed by atoms with Crippen LogP contribution in [0.2, 0.25) is 0 Å². The maximum atomic E-state index is 11.0. The lowest BCUT2D eigenvalue weighted by Gasteiger charge is -2.12. The average molecular weight is 157 g/mol. The predicted molar refractivity (Wildman–Crippen MR) is 43.2 cm³/mol. The normalized spacial score (nSPS) is 9.36. The van der Waals surface area contributed by atoms with Gasteiger partial charge in [0.2, 0.25) is 5.91 Å². The molecule has 0 aliphatic rings. The summed E-state index contributed by atoms with van der Waals surface area (Å²) in [5.41, 5.74) is 0. The number of carbonyl (C=O) groups is 2. The lowest BCUT2D eigenvalue weighted by molar-refractivity contribution is -0.134. The van der Waals surface area contributed by atoms with Crippen LogP contribution >= 0.6 is 0 Å². The third-order valence-electron chi connectivity index (χ3n) is 1.64. The molecule has 64 valence electrons. The van der Waals surface area contributed by atoms with Crippen molar-refractivity contribution in [2.45, 2.75) is 26.7 Å². The Bertz CT molecular complexity index is 154. The van der Waals surface area contributed by atoms with Gasteiger partial charge in [-0.25, -0.2) is 0 Å². The minimum absolute atomic E-state index is 0.00954. The van der Waals surface area contributed by atoms with Gasteiger partial charge in [-0.05, 0) is 6.92 Å². The summed E-state index contributed by atoms with van der Waals surface area (Å²) < 4.78 is 0.